The molecule has 0 unspecified atom stereocenters. The summed E-state index contributed by atoms with van der Waals surface area (Å²) >= 11 is 0. The molecule has 0 heterocycles. The maximum absolute atomic E-state index is 14.3. The number of alkyl carbamates (subject to hydrolysis) is 2. The van der Waals surface area contributed by atoms with Gasteiger partial charge in [0.2, 0.25) is 11.8 Å². The smallest absolute Gasteiger partial charge is 0.407 e. The summed E-state index contributed by atoms with van der Waals surface area (Å²) in [7, 11) is 0. The Morgan fingerprint density at radius 2 is 1.26 bits per heavy atom. The van der Waals surface area contributed by atoms with Crippen molar-refractivity contribution in [2.45, 2.75) is 70.7 Å². The van der Waals surface area contributed by atoms with Crippen LogP contribution in [0.25, 0.3) is 11.1 Å². The fourth-order valence-corrected chi connectivity index (χ4v) is 7.12. The van der Waals surface area contributed by atoms with Gasteiger partial charge in [-0.15, -0.1) is 0 Å². The molecule has 1 aliphatic rings. The van der Waals surface area contributed by atoms with Crippen molar-refractivity contribution in [1.82, 2.24) is 21.3 Å². The third-order valence-electron chi connectivity index (χ3n) is 10.1. The van der Waals surface area contributed by atoms with E-state index in [2.05, 4.69) is 45.5 Å². The molecular formula is C48H50F2N4O7. The third kappa shape index (κ3) is 11.9. The van der Waals surface area contributed by atoms with Gasteiger partial charge < -0.3 is 35.5 Å². The van der Waals surface area contributed by atoms with Crippen LogP contribution in [0.5, 0.6) is 5.75 Å². The summed E-state index contributed by atoms with van der Waals surface area (Å²) < 4.78 is 44.7. The number of halogens is 2. The van der Waals surface area contributed by atoms with Crippen molar-refractivity contribution in [3.8, 4) is 16.9 Å². The molecule has 0 fully saturated rings. The minimum absolute atomic E-state index is 0.0572. The standard InChI is InChI=1S/C48H50F2N4O7/c1-5-59-34-21-19-33(20-22-34)39(28-53-47(58)61-48(2,3)4)44(55)54-43(25-32-18-23-41(49)42(50)24-32)45(56)51-26-30-14-16-31(17-15-30)27-52-46(57)60-29-40-37-12-8-6-10-35(37)36-11-7-9-13-38(36)40/h6-24,39-40,43H,5,25-29H2,1-4H3,(H,51,56)(H,52,57)(H,53,58)(H,54,55)/t39-,43+/m1/s1. The molecule has 0 saturated heterocycles. The maximum atomic E-state index is 14.3. The van der Waals surface area contributed by atoms with Gasteiger partial charge in [0.05, 0.1) is 12.5 Å². The Morgan fingerprint density at radius 3 is 1.85 bits per heavy atom. The molecule has 4 N–H and O–H groups in total. The highest BCUT2D eigenvalue weighted by Crippen LogP contribution is 2.44. The van der Waals surface area contributed by atoms with Crippen LogP contribution < -0.4 is 26.0 Å². The van der Waals surface area contributed by atoms with E-state index in [0.717, 1.165) is 45.5 Å². The number of carbonyl (C=O) groups excluding carboxylic acids is 4. The van der Waals surface area contributed by atoms with Crippen LogP contribution in [0.3, 0.4) is 0 Å². The second kappa shape index (κ2) is 20.0. The SMILES string of the molecule is CCOc1ccc([C@@H](CNC(=O)OC(C)(C)C)C(=O)N[C@@H](Cc2ccc(F)c(F)c2)C(=O)NCc2ccc(CNC(=O)OCC3c4ccccc4-c4ccccc43)cc2)cc1. The minimum Gasteiger partial charge on any atom is -0.494 e. The van der Waals surface area contributed by atoms with Gasteiger partial charge in [0.25, 0.3) is 0 Å². The average Bonchev–Trinajstić information content (AvgIpc) is 3.56. The number of amides is 4. The molecule has 318 valence electrons. The fraction of sp³-hybridized carbons (Fsp3) is 0.292. The molecule has 5 aromatic carbocycles. The number of ether oxygens (including phenoxy) is 3. The van der Waals surface area contributed by atoms with Crippen LogP contribution in [0.4, 0.5) is 18.4 Å². The normalized spacial score (nSPS) is 12.9. The van der Waals surface area contributed by atoms with Crippen LogP contribution in [0.2, 0.25) is 0 Å². The second-order valence-corrected chi connectivity index (χ2v) is 15.7. The van der Waals surface area contributed by atoms with E-state index in [4.69, 9.17) is 14.2 Å². The lowest BCUT2D eigenvalue weighted by Crippen LogP contribution is -2.50. The van der Waals surface area contributed by atoms with Crippen molar-refractivity contribution in [3.05, 3.63) is 160 Å². The van der Waals surface area contributed by atoms with E-state index >= 15 is 0 Å². The maximum Gasteiger partial charge on any atom is 0.407 e. The molecule has 4 amide bonds. The van der Waals surface area contributed by atoms with Gasteiger partial charge in [-0.1, -0.05) is 91.0 Å². The first-order valence-electron chi connectivity index (χ1n) is 20.2. The zero-order chi connectivity index (χ0) is 43.5. The van der Waals surface area contributed by atoms with Gasteiger partial charge in [0, 0.05) is 32.0 Å². The van der Waals surface area contributed by atoms with E-state index in [9.17, 15) is 28.0 Å². The number of rotatable bonds is 16. The first-order valence-corrected chi connectivity index (χ1v) is 20.2. The summed E-state index contributed by atoms with van der Waals surface area (Å²) in [4.78, 5) is 53.1. The molecule has 0 saturated carbocycles. The van der Waals surface area contributed by atoms with Crippen LogP contribution in [0.15, 0.2) is 115 Å². The highest BCUT2D eigenvalue weighted by atomic mass is 19.2. The lowest BCUT2D eigenvalue weighted by atomic mass is 9.96. The summed E-state index contributed by atoms with van der Waals surface area (Å²) in [6, 6.07) is 32.3. The van der Waals surface area contributed by atoms with Gasteiger partial charge in [0.15, 0.2) is 11.6 Å². The lowest BCUT2D eigenvalue weighted by molar-refractivity contribution is -0.129. The van der Waals surface area contributed by atoms with Crippen molar-refractivity contribution >= 4 is 24.0 Å². The zero-order valence-corrected chi connectivity index (χ0v) is 34.6. The van der Waals surface area contributed by atoms with Crippen molar-refractivity contribution in [2.75, 3.05) is 19.8 Å². The monoisotopic (exact) mass is 832 g/mol. The Bertz CT molecular complexity index is 2290. The zero-order valence-electron chi connectivity index (χ0n) is 34.6. The molecule has 0 aliphatic heterocycles. The van der Waals surface area contributed by atoms with Crippen molar-refractivity contribution < 1.29 is 42.2 Å². The number of hydrogen-bond acceptors (Lipinski definition) is 7. The number of fused-ring (bicyclic) bond motifs is 3. The molecule has 11 nitrogen and oxygen atoms in total. The fourth-order valence-electron chi connectivity index (χ4n) is 7.12. The van der Waals surface area contributed by atoms with E-state index in [-0.39, 0.29) is 44.1 Å². The second-order valence-electron chi connectivity index (χ2n) is 15.7. The Hall–Kier alpha value is -6.76. The molecule has 0 spiro atoms. The summed E-state index contributed by atoms with van der Waals surface area (Å²) in [5, 5.41) is 11.1. The summed E-state index contributed by atoms with van der Waals surface area (Å²) in [5.74, 6) is -3.77. The quantitative estimate of drug-likeness (QED) is 0.0788. The lowest BCUT2D eigenvalue weighted by Gasteiger charge is -2.24. The first-order chi connectivity index (χ1) is 29.3. The minimum atomic E-state index is -1.22. The highest BCUT2D eigenvalue weighted by molar-refractivity contribution is 5.91. The Balaban J connectivity index is 1.07. The van der Waals surface area contributed by atoms with E-state index in [1.54, 1.807) is 57.2 Å². The molecule has 13 heteroatoms. The molecule has 6 rings (SSSR count). The van der Waals surface area contributed by atoms with Crippen LogP contribution >= 0.6 is 0 Å². The summed E-state index contributed by atoms with van der Waals surface area (Å²) in [6.45, 7) is 7.74. The molecular weight excluding hydrogens is 783 g/mol. The van der Waals surface area contributed by atoms with E-state index < -0.39 is 53.2 Å². The predicted octanol–water partition coefficient (Wildman–Crippen LogP) is 8.05. The van der Waals surface area contributed by atoms with Crippen LogP contribution in [-0.2, 0) is 38.6 Å². The van der Waals surface area contributed by atoms with Gasteiger partial charge in [-0.2, -0.15) is 0 Å². The molecule has 0 aromatic heterocycles. The average molecular weight is 833 g/mol. The van der Waals surface area contributed by atoms with Gasteiger partial charge in [0.1, 0.15) is 24.0 Å². The largest absolute Gasteiger partial charge is 0.494 e. The highest BCUT2D eigenvalue weighted by Gasteiger charge is 2.30. The molecule has 0 radical (unpaired) electrons. The van der Waals surface area contributed by atoms with Gasteiger partial charge in [-0.3, -0.25) is 9.59 Å². The topological polar surface area (TPSA) is 144 Å². The number of benzene rings is 5. The first kappa shape index (κ1) is 43.8. The van der Waals surface area contributed by atoms with Gasteiger partial charge in [-0.25, -0.2) is 18.4 Å². The molecule has 1 aliphatic carbocycles. The molecule has 0 bridgehead atoms. The third-order valence-corrected chi connectivity index (χ3v) is 10.1. The Morgan fingerprint density at radius 1 is 0.672 bits per heavy atom. The number of nitrogens with one attached hydrogen (secondary N) is 4. The predicted molar refractivity (Wildman–Crippen MR) is 227 cm³/mol. The van der Waals surface area contributed by atoms with Crippen LogP contribution in [0.1, 0.15) is 72.9 Å². The van der Waals surface area contributed by atoms with Crippen molar-refractivity contribution in [1.29, 1.82) is 0 Å². The summed E-state index contributed by atoms with van der Waals surface area (Å²) in [6.07, 6.45) is -1.44. The molecule has 61 heavy (non-hydrogen) atoms. The van der Waals surface area contributed by atoms with Crippen molar-refractivity contribution in [2.24, 2.45) is 0 Å². The van der Waals surface area contributed by atoms with Crippen LogP contribution in [-0.4, -0.2) is 55.4 Å². The van der Waals surface area contributed by atoms with E-state index in [1.807, 2.05) is 43.3 Å². The molecule has 2 atom stereocenters. The van der Waals surface area contributed by atoms with E-state index in [1.165, 1.54) is 6.07 Å². The van der Waals surface area contributed by atoms with Crippen LogP contribution in [0, 0.1) is 11.6 Å². The van der Waals surface area contributed by atoms with E-state index in [0.29, 0.717) is 17.9 Å². The Labute approximate surface area is 354 Å². The van der Waals surface area contributed by atoms with Gasteiger partial charge >= 0.3 is 12.2 Å². The number of hydrogen-bond donors (Lipinski definition) is 4. The van der Waals surface area contributed by atoms with Gasteiger partial charge in [-0.05, 0) is 96.5 Å². The summed E-state index contributed by atoms with van der Waals surface area (Å²) in [5.41, 5.74) is 6.08. The Kier molecular flexibility index (Phi) is 14.4. The molecule has 5 aromatic rings. The number of carbonyl (C=O) groups is 4. The van der Waals surface area contributed by atoms with Crippen molar-refractivity contribution in [3.63, 3.8) is 0 Å².